The second-order valence-corrected chi connectivity index (χ2v) is 3.63. The van der Waals surface area contributed by atoms with E-state index in [9.17, 15) is 0 Å². The summed E-state index contributed by atoms with van der Waals surface area (Å²) in [5.74, 6) is 2.33. The Bertz CT molecular complexity index is 478. The number of nitrogens with one attached hydrogen (secondary N) is 1. The first-order valence-corrected chi connectivity index (χ1v) is 5.14. The molecule has 3 rings (SSSR count). The summed E-state index contributed by atoms with van der Waals surface area (Å²) < 4.78 is 16.0. The Balaban J connectivity index is 2.09. The first kappa shape index (κ1) is 9.47. The number of rotatable bonds is 2. The Hall–Kier alpha value is -1.75. The number of aromatic nitrogens is 2. The Morgan fingerprint density at radius 3 is 2.81 bits per heavy atom. The molecule has 2 aromatic rings. The van der Waals surface area contributed by atoms with Gasteiger partial charge in [-0.1, -0.05) is 0 Å². The Morgan fingerprint density at radius 1 is 1.31 bits per heavy atom. The van der Waals surface area contributed by atoms with Crippen LogP contribution in [0, 0.1) is 0 Å². The third-order valence-corrected chi connectivity index (χ3v) is 2.48. The van der Waals surface area contributed by atoms with Gasteiger partial charge in [0.1, 0.15) is 25.6 Å². The number of nitrogens with zero attached hydrogens (tertiary/aromatic N) is 1. The van der Waals surface area contributed by atoms with E-state index in [1.165, 1.54) is 0 Å². The highest BCUT2D eigenvalue weighted by Crippen LogP contribution is 2.33. The number of hydrogen-bond acceptors (Lipinski definition) is 4. The average Bonchev–Trinajstić information content (AvgIpc) is 2.67. The molecule has 1 aromatic heterocycles. The number of fused-ring (bicyclic) bond motifs is 2. The van der Waals surface area contributed by atoms with Crippen LogP contribution < -0.4 is 9.47 Å². The second-order valence-electron chi connectivity index (χ2n) is 3.63. The molecule has 0 radical (unpaired) electrons. The Morgan fingerprint density at radius 2 is 2.06 bits per heavy atom. The van der Waals surface area contributed by atoms with Gasteiger partial charge in [0.2, 0.25) is 0 Å². The van der Waals surface area contributed by atoms with E-state index >= 15 is 0 Å². The molecule has 0 amide bonds. The van der Waals surface area contributed by atoms with Crippen LogP contribution in [0.3, 0.4) is 0 Å². The molecular weight excluding hydrogens is 208 g/mol. The van der Waals surface area contributed by atoms with Crippen molar-refractivity contribution in [2.75, 3.05) is 20.3 Å². The van der Waals surface area contributed by atoms with Crippen LogP contribution in [0.25, 0.3) is 11.0 Å². The van der Waals surface area contributed by atoms with Gasteiger partial charge in [0, 0.05) is 19.2 Å². The van der Waals surface area contributed by atoms with Gasteiger partial charge in [0.15, 0.2) is 11.5 Å². The number of ether oxygens (including phenoxy) is 3. The smallest absolute Gasteiger partial charge is 0.163 e. The van der Waals surface area contributed by atoms with E-state index in [0.29, 0.717) is 19.8 Å². The normalized spacial score (nSPS) is 14.3. The van der Waals surface area contributed by atoms with Crippen molar-refractivity contribution in [3.8, 4) is 11.5 Å². The number of imidazole rings is 1. The van der Waals surface area contributed by atoms with Crippen LogP contribution >= 0.6 is 0 Å². The zero-order chi connectivity index (χ0) is 11.0. The first-order valence-electron chi connectivity index (χ1n) is 5.14. The molecule has 5 heteroatoms. The number of H-pyrrole nitrogens is 1. The molecule has 0 unspecified atom stereocenters. The van der Waals surface area contributed by atoms with Crippen molar-refractivity contribution >= 4 is 11.0 Å². The minimum absolute atomic E-state index is 0.473. The zero-order valence-corrected chi connectivity index (χ0v) is 8.95. The third kappa shape index (κ3) is 1.49. The van der Waals surface area contributed by atoms with Crippen molar-refractivity contribution in [3.63, 3.8) is 0 Å². The largest absolute Gasteiger partial charge is 0.486 e. The van der Waals surface area contributed by atoms with Crippen molar-refractivity contribution in [1.82, 2.24) is 9.97 Å². The van der Waals surface area contributed by atoms with Crippen LogP contribution in [0.2, 0.25) is 0 Å². The molecule has 5 nitrogen and oxygen atoms in total. The van der Waals surface area contributed by atoms with Gasteiger partial charge in [-0.15, -0.1) is 0 Å². The van der Waals surface area contributed by atoms with E-state index in [4.69, 9.17) is 14.2 Å². The molecule has 0 bridgehead atoms. The average molecular weight is 220 g/mol. The molecule has 0 saturated heterocycles. The molecule has 1 aliphatic rings. The summed E-state index contributed by atoms with van der Waals surface area (Å²) in [5.41, 5.74) is 1.81. The molecule has 84 valence electrons. The van der Waals surface area contributed by atoms with Gasteiger partial charge >= 0.3 is 0 Å². The molecule has 1 aromatic carbocycles. The maximum Gasteiger partial charge on any atom is 0.163 e. The number of benzene rings is 1. The van der Waals surface area contributed by atoms with Crippen LogP contribution in [0.15, 0.2) is 12.1 Å². The van der Waals surface area contributed by atoms with E-state index in [1.807, 2.05) is 12.1 Å². The summed E-state index contributed by atoms with van der Waals surface area (Å²) >= 11 is 0. The van der Waals surface area contributed by atoms with E-state index in [1.54, 1.807) is 7.11 Å². The van der Waals surface area contributed by atoms with Gasteiger partial charge in [-0.05, 0) is 0 Å². The Kier molecular flexibility index (Phi) is 2.18. The predicted octanol–water partition coefficient (Wildman–Crippen LogP) is 1.48. The van der Waals surface area contributed by atoms with Gasteiger partial charge in [-0.3, -0.25) is 0 Å². The van der Waals surface area contributed by atoms with E-state index in [0.717, 1.165) is 28.4 Å². The van der Waals surface area contributed by atoms with Crippen molar-refractivity contribution in [3.05, 3.63) is 18.0 Å². The molecule has 1 N–H and O–H groups in total. The fraction of sp³-hybridized carbons (Fsp3) is 0.364. The maximum atomic E-state index is 5.50. The fourth-order valence-electron chi connectivity index (χ4n) is 1.80. The molecule has 0 saturated carbocycles. The summed E-state index contributed by atoms with van der Waals surface area (Å²) in [6, 6.07) is 3.80. The highest BCUT2D eigenvalue weighted by molar-refractivity contribution is 5.79. The standard InChI is InChI=1S/C11H12N2O3/c1-14-6-11-12-7-4-9-10(5-8(7)13-11)16-3-2-15-9/h4-5H,2-3,6H2,1H3,(H,12,13). The zero-order valence-electron chi connectivity index (χ0n) is 8.95. The number of aromatic amines is 1. The molecule has 0 atom stereocenters. The molecule has 16 heavy (non-hydrogen) atoms. The van der Waals surface area contributed by atoms with E-state index in [2.05, 4.69) is 9.97 Å². The van der Waals surface area contributed by atoms with Crippen LogP contribution in [-0.2, 0) is 11.3 Å². The minimum Gasteiger partial charge on any atom is -0.486 e. The van der Waals surface area contributed by atoms with Crippen molar-refractivity contribution in [2.45, 2.75) is 6.61 Å². The lowest BCUT2D eigenvalue weighted by molar-refractivity contribution is 0.172. The fourth-order valence-corrected chi connectivity index (χ4v) is 1.80. The van der Waals surface area contributed by atoms with Crippen LogP contribution in [0.5, 0.6) is 11.5 Å². The highest BCUT2D eigenvalue weighted by atomic mass is 16.6. The SMILES string of the molecule is COCc1nc2cc3c(cc2[nH]1)OCCO3. The molecule has 0 aliphatic carbocycles. The third-order valence-electron chi connectivity index (χ3n) is 2.48. The minimum atomic E-state index is 0.473. The molecule has 2 heterocycles. The van der Waals surface area contributed by atoms with Crippen molar-refractivity contribution in [1.29, 1.82) is 0 Å². The summed E-state index contributed by atoms with van der Waals surface area (Å²) in [5, 5.41) is 0. The molecular formula is C11H12N2O3. The summed E-state index contributed by atoms with van der Waals surface area (Å²) in [6.45, 7) is 1.66. The molecule has 0 spiro atoms. The number of hydrogen-bond donors (Lipinski definition) is 1. The lowest BCUT2D eigenvalue weighted by Crippen LogP contribution is -2.15. The van der Waals surface area contributed by atoms with E-state index < -0.39 is 0 Å². The predicted molar refractivity (Wildman–Crippen MR) is 57.8 cm³/mol. The first-order chi connectivity index (χ1) is 7.86. The van der Waals surface area contributed by atoms with Crippen LogP contribution in [0.4, 0.5) is 0 Å². The summed E-state index contributed by atoms with van der Waals surface area (Å²) in [7, 11) is 1.64. The maximum absolute atomic E-state index is 5.50. The van der Waals surface area contributed by atoms with Crippen LogP contribution in [-0.4, -0.2) is 30.3 Å². The second kappa shape index (κ2) is 3.68. The van der Waals surface area contributed by atoms with Gasteiger partial charge in [0.25, 0.3) is 0 Å². The summed E-state index contributed by atoms with van der Waals surface area (Å²) in [6.07, 6.45) is 0. The monoisotopic (exact) mass is 220 g/mol. The van der Waals surface area contributed by atoms with Crippen molar-refractivity contribution in [2.24, 2.45) is 0 Å². The number of methoxy groups -OCH3 is 1. The molecule has 0 fully saturated rings. The summed E-state index contributed by atoms with van der Waals surface area (Å²) in [4.78, 5) is 7.57. The topological polar surface area (TPSA) is 56.4 Å². The van der Waals surface area contributed by atoms with Crippen molar-refractivity contribution < 1.29 is 14.2 Å². The van der Waals surface area contributed by atoms with Gasteiger partial charge < -0.3 is 19.2 Å². The van der Waals surface area contributed by atoms with Gasteiger partial charge in [0.05, 0.1) is 11.0 Å². The van der Waals surface area contributed by atoms with Crippen LogP contribution in [0.1, 0.15) is 5.82 Å². The highest BCUT2D eigenvalue weighted by Gasteiger charge is 2.14. The quantitative estimate of drug-likeness (QED) is 0.832. The molecule has 1 aliphatic heterocycles. The lowest BCUT2D eigenvalue weighted by Gasteiger charge is -2.17. The van der Waals surface area contributed by atoms with E-state index in [-0.39, 0.29) is 0 Å². The Labute approximate surface area is 92.3 Å². The lowest BCUT2D eigenvalue weighted by atomic mass is 10.2. The van der Waals surface area contributed by atoms with Gasteiger partial charge in [-0.2, -0.15) is 0 Å². The van der Waals surface area contributed by atoms with Gasteiger partial charge in [-0.25, -0.2) is 4.98 Å².